The summed E-state index contributed by atoms with van der Waals surface area (Å²) in [5.41, 5.74) is 5.61. The van der Waals surface area contributed by atoms with Crippen molar-refractivity contribution in [3.8, 4) is 0 Å². The van der Waals surface area contributed by atoms with Crippen LogP contribution in [0.15, 0.2) is 64.6 Å². The third-order valence-electron chi connectivity index (χ3n) is 4.79. The summed E-state index contributed by atoms with van der Waals surface area (Å²) in [6, 6.07) is 13.8. The molecule has 0 saturated heterocycles. The van der Waals surface area contributed by atoms with Gasteiger partial charge in [-0.15, -0.1) is 0 Å². The van der Waals surface area contributed by atoms with Gasteiger partial charge in [0.05, 0.1) is 6.20 Å². The zero-order valence-corrected chi connectivity index (χ0v) is 14.3. The van der Waals surface area contributed by atoms with E-state index in [-0.39, 0.29) is 5.63 Å². The van der Waals surface area contributed by atoms with Crippen molar-refractivity contribution < 1.29 is 8.98 Å². The Morgan fingerprint density at radius 2 is 2.00 bits per heavy atom. The van der Waals surface area contributed by atoms with E-state index in [4.69, 9.17) is 4.42 Å². The molecule has 4 nitrogen and oxygen atoms in total. The summed E-state index contributed by atoms with van der Waals surface area (Å²) in [5.74, 6) is 0. The quantitative estimate of drug-likeness (QED) is 0.423. The molecule has 0 fully saturated rings. The molecule has 0 spiro atoms. The van der Waals surface area contributed by atoms with Gasteiger partial charge < -0.3 is 4.42 Å². The minimum Gasteiger partial charge on any atom is -0.422 e. The summed E-state index contributed by atoms with van der Waals surface area (Å²) in [5, 5.41) is 0.977. The topological polar surface area (TPSA) is 39.0 Å². The van der Waals surface area contributed by atoms with Gasteiger partial charge in [0.1, 0.15) is 12.1 Å². The van der Waals surface area contributed by atoms with Gasteiger partial charge in [0.25, 0.3) is 0 Å². The lowest BCUT2D eigenvalue weighted by molar-refractivity contribution is -0.662. The third kappa shape index (κ3) is 2.47. The Labute approximate surface area is 145 Å². The molecule has 2 aromatic carbocycles. The van der Waals surface area contributed by atoms with E-state index in [1.807, 2.05) is 42.9 Å². The van der Waals surface area contributed by atoms with Crippen LogP contribution in [0.4, 0.5) is 0 Å². The zero-order valence-electron chi connectivity index (χ0n) is 14.3. The van der Waals surface area contributed by atoms with E-state index < -0.39 is 0 Å². The van der Waals surface area contributed by atoms with Gasteiger partial charge in [-0.2, -0.15) is 0 Å². The van der Waals surface area contributed by atoms with Gasteiger partial charge in [0.2, 0.25) is 6.33 Å². The predicted octanol–water partition coefficient (Wildman–Crippen LogP) is 3.80. The lowest BCUT2D eigenvalue weighted by atomic mass is 10.0. The molecule has 0 amide bonds. The highest BCUT2D eigenvalue weighted by atomic mass is 16.4. The second kappa shape index (κ2) is 5.74. The van der Waals surface area contributed by atoms with Crippen molar-refractivity contribution >= 4 is 28.2 Å². The highest BCUT2D eigenvalue weighted by molar-refractivity contribution is 5.84. The summed E-state index contributed by atoms with van der Waals surface area (Å²) in [7, 11) is 0. The van der Waals surface area contributed by atoms with Crippen LogP contribution >= 0.6 is 0 Å². The first kappa shape index (κ1) is 15.4. The maximum Gasteiger partial charge on any atom is 0.336 e. The van der Waals surface area contributed by atoms with Crippen LogP contribution in [0.5, 0.6) is 0 Å². The van der Waals surface area contributed by atoms with Crippen LogP contribution in [0, 0.1) is 13.8 Å². The second-order valence-electron chi connectivity index (χ2n) is 6.30. The average Bonchev–Trinajstić information content (AvgIpc) is 2.96. The van der Waals surface area contributed by atoms with Crippen LogP contribution in [0.3, 0.4) is 0 Å². The van der Waals surface area contributed by atoms with E-state index in [2.05, 4.69) is 29.3 Å². The van der Waals surface area contributed by atoms with Crippen molar-refractivity contribution in [3.05, 3.63) is 82.5 Å². The summed E-state index contributed by atoms with van der Waals surface area (Å²) >= 11 is 0. The van der Waals surface area contributed by atoms with Crippen LogP contribution in [-0.4, -0.2) is 4.57 Å². The summed E-state index contributed by atoms with van der Waals surface area (Å²) in [6.07, 6.45) is 3.78. The molecule has 0 aliphatic carbocycles. The SMILES string of the molecule is C=Cn1c[n+](Cc2cc(=O)oc3c(C)c(C)ccc23)c2ccccc21. The van der Waals surface area contributed by atoms with Gasteiger partial charge in [0, 0.05) is 17.0 Å². The monoisotopic (exact) mass is 331 g/mol. The molecule has 4 heteroatoms. The van der Waals surface area contributed by atoms with Crippen LogP contribution in [0.25, 0.3) is 28.2 Å². The molecule has 25 heavy (non-hydrogen) atoms. The van der Waals surface area contributed by atoms with Crippen molar-refractivity contribution in [1.82, 2.24) is 4.57 Å². The van der Waals surface area contributed by atoms with E-state index >= 15 is 0 Å². The fourth-order valence-electron chi connectivity index (χ4n) is 3.31. The third-order valence-corrected chi connectivity index (χ3v) is 4.79. The summed E-state index contributed by atoms with van der Waals surface area (Å²) in [4.78, 5) is 12.1. The van der Waals surface area contributed by atoms with Crippen molar-refractivity contribution in [3.63, 3.8) is 0 Å². The smallest absolute Gasteiger partial charge is 0.336 e. The molecule has 0 saturated carbocycles. The molecular weight excluding hydrogens is 312 g/mol. The van der Waals surface area contributed by atoms with E-state index in [1.54, 1.807) is 12.3 Å². The van der Waals surface area contributed by atoms with Crippen molar-refractivity contribution in [2.45, 2.75) is 20.4 Å². The molecule has 0 aliphatic heterocycles. The first-order valence-electron chi connectivity index (χ1n) is 8.23. The Morgan fingerprint density at radius 3 is 2.80 bits per heavy atom. The van der Waals surface area contributed by atoms with Crippen LogP contribution in [0.1, 0.15) is 16.7 Å². The lowest BCUT2D eigenvalue weighted by Crippen LogP contribution is -2.33. The van der Waals surface area contributed by atoms with Crippen LogP contribution in [-0.2, 0) is 6.54 Å². The summed E-state index contributed by atoms with van der Waals surface area (Å²) < 4.78 is 9.59. The molecular formula is C21H19N2O2+. The molecule has 0 unspecified atom stereocenters. The standard InChI is InChI=1S/C21H19N2O2/c1-4-22-13-23(19-8-6-5-7-18(19)22)12-16-11-20(24)25-21-15(3)14(2)9-10-17(16)21/h4-11,13H,1,12H2,2-3H3/q+1. The fourth-order valence-corrected chi connectivity index (χ4v) is 3.31. The first-order chi connectivity index (χ1) is 12.1. The Hall–Kier alpha value is -3.14. The van der Waals surface area contributed by atoms with E-state index in [9.17, 15) is 4.79 Å². The van der Waals surface area contributed by atoms with Crippen LogP contribution in [0.2, 0.25) is 0 Å². The van der Waals surface area contributed by atoms with Crippen molar-refractivity contribution in [2.75, 3.05) is 0 Å². The lowest BCUT2D eigenvalue weighted by Gasteiger charge is -2.08. The fraction of sp³-hybridized carbons (Fsp3) is 0.143. The second-order valence-corrected chi connectivity index (χ2v) is 6.30. The maximum atomic E-state index is 12.1. The number of hydrogen-bond donors (Lipinski definition) is 0. The van der Waals surface area contributed by atoms with Gasteiger partial charge in [0.15, 0.2) is 11.0 Å². The minimum atomic E-state index is -0.316. The van der Waals surface area contributed by atoms with Gasteiger partial charge in [-0.1, -0.05) is 30.8 Å². The van der Waals surface area contributed by atoms with Crippen LogP contribution < -0.4 is 10.2 Å². The van der Waals surface area contributed by atoms with E-state index in [1.165, 1.54) is 0 Å². The highest BCUT2D eigenvalue weighted by Gasteiger charge is 2.16. The Kier molecular flexibility index (Phi) is 3.53. The van der Waals surface area contributed by atoms with Gasteiger partial charge >= 0.3 is 5.63 Å². The highest BCUT2D eigenvalue weighted by Crippen LogP contribution is 2.23. The number of imidazole rings is 1. The van der Waals surface area contributed by atoms with Gasteiger partial charge in [-0.3, -0.25) is 0 Å². The van der Waals surface area contributed by atoms with Gasteiger partial charge in [-0.05, 0) is 37.1 Å². The number of benzene rings is 2. The number of aryl methyl sites for hydroxylation is 2. The normalized spacial score (nSPS) is 11.3. The number of aromatic nitrogens is 2. The molecule has 0 bridgehead atoms. The number of para-hydroxylation sites is 2. The van der Waals surface area contributed by atoms with E-state index in [0.29, 0.717) is 12.1 Å². The van der Waals surface area contributed by atoms with E-state index in [0.717, 1.165) is 33.1 Å². The molecule has 0 radical (unpaired) electrons. The Morgan fingerprint density at radius 1 is 1.20 bits per heavy atom. The Bertz CT molecular complexity index is 1180. The molecule has 124 valence electrons. The average molecular weight is 331 g/mol. The molecule has 0 N–H and O–H groups in total. The molecule has 0 atom stereocenters. The largest absolute Gasteiger partial charge is 0.422 e. The molecule has 2 aromatic heterocycles. The molecule has 2 heterocycles. The van der Waals surface area contributed by atoms with Crippen molar-refractivity contribution in [2.24, 2.45) is 0 Å². The van der Waals surface area contributed by atoms with Crippen molar-refractivity contribution in [1.29, 1.82) is 0 Å². The number of rotatable bonds is 3. The number of nitrogens with zero attached hydrogens (tertiary/aromatic N) is 2. The maximum absolute atomic E-state index is 12.1. The molecule has 4 aromatic rings. The first-order valence-corrected chi connectivity index (χ1v) is 8.23. The number of hydrogen-bond acceptors (Lipinski definition) is 2. The number of fused-ring (bicyclic) bond motifs is 2. The predicted molar refractivity (Wildman–Crippen MR) is 99.6 cm³/mol. The zero-order chi connectivity index (χ0) is 17.6. The van der Waals surface area contributed by atoms with Gasteiger partial charge in [-0.25, -0.2) is 13.9 Å². The molecule has 0 aliphatic rings. The summed E-state index contributed by atoms with van der Waals surface area (Å²) in [6.45, 7) is 8.47. The Balaban J connectivity index is 1.94. The minimum absolute atomic E-state index is 0.316. The molecule has 4 rings (SSSR count).